The molecule has 2 N–H and O–H groups in total. The molecule has 0 fully saturated rings. The maximum atomic E-state index is 12.2. The van der Waals surface area contributed by atoms with E-state index in [4.69, 9.17) is 9.47 Å². The largest absolute Gasteiger partial charge is 0.493 e. The zero-order valence-corrected chi connectivity index (χ0v) is 16.5. The number of anilines is 1. The SMILES string of the molecule is COc1cc(/C=C/C(=O)Nc2ccccc2C(=O)O)ccc1OCc1cnn(C)c1. The molecule has 2 aromatic carbocycles. The number of methoxy groups -OCH3 is 1. The number of carboxylic acids is 1. The fraction of sp³-hybridized carbons (Fsp3) is 0.136. The highest BCUT2D eigenvalue weighted by Gasteiger charge is 2.10. The first-order chi connectivity index (χ1) is 14.5. The molecule has 0 aliphatic carbocycles. The Morgan fingerprint density at radius 3 is 2.70 bits per heavy atom. The third-order valence-electron chi connectivity index (χ3n) is 4.18. The zero-order valence-electron chi connectivity index (χ0n) is 16.5. The van der Waals surface area contributed by atoms with Gasteiger partial charge in [0.25, 0.3) is 0 Å². The highest BCUT2D eigenvalue weighted by atomic mass is 16.5. The Hall–Kier alpha value is -4.07. The molecule has 0 atom stereocenters. The Balaban J connectivity index is 1.66. The monoisotopic (exact) mass is 407 g/mol. The second-order valence-corrected chi connectivity index (χ2v) is 6.39. The number of nitrogens with one attached hydrogen (secondary N) is 1. The van der Waals surface area contributed by atoms with Crippen molar-refractivity contribution in [3.05, 3.63) is 77.6 Å². The van der Waals surface area contributed by atoms with Crippen LogP contribution in [-0.4, -0.2) is 33.9 Å². The Morgan fingerprint density at radius 1 is 1.20 bits per heavy atom. The topological polar surface area (TPSA) is 103 Å². The first-order valence-electron chi connectivity index (χ1n) is 9.06. The molecule has 0 unspecified atom stereocenters. The van der Waals surface area contributed by atoms with E-state index in [1.165, 1.54) is 25.3 Å². The summed E-state index contributed by atoms with van der Waals surface area (Å²) >= 11 is 0. The molecular weight excluding hydrogens is 386 g/mol. The quantitative estimate of drug-likeness (QED) is 0.555. The van der Waals surface area contributed by atoms with Crippen LogP contribution in [0.15, 0.2) is 60.9 Å². The number of aromatic nitrogens is 2. The Morgan fingerprint density at radius 2 is 2.00 bits per heavy atom. The van der Waals surface area contributed by atoms with E-state index in [1.54, 1.807) is 47.3 Å². The molecule has 0 aliphatic heterocycles. The van der Waals surface area contributed by atoms with E-state index in [0.29, 0.717) is 18.1 Å². The summed E-state index contributed by atoms with van der Waals surface area (Å²) in [5, 5.41) is 15.9. The summed E-state index contributed by atoms with van der Waals surface area (Å²) in [6.45, 7) is 0.352. The average molecular weight is 407 g/mol. The number of benzene rings is 2. The number of nitrogens with zero attached hydrogens (tertiary/aromatic N) is 2. The lowest BCUT2D eigenvalue weighted by Crippen LogP contribution is -2.11. The van der Waals surface area contributed by atoms with Crippen LogP contribution >= 0.6 is 0 Å². The van der Waals surface area contributed by atoms with Gasteiger partial charge >= 0.3 is 5.97 Å². The van der Waals surface area contributed by atoms with Crippen LogP contribution in [0.5, 0.6) is 11.5 Å². The second-order valence-electron chi connectivity index (χ2n) is 6.39. The number of ether oxygens (including phenoxy) is 2. The predicted molar refractivity (Wildman–Crippen MR) is 112 cm³/mol. The van der Waals surface area contributed by atoms with Crippen LogP contribution in [0.2, 0.25) is 0 Å². The van der Waals surface area contributed by atoms with Gasteiger partial charge in [-0.05, 0) is 35.9 Å². The summed E-state index contributed by atoms with van der Waals surface area (Å²) < 4.78 is 12.9. The number of carbonyl (C=O) groups is 2. The molecule has 154 valence electrons. The minimum atomic E-state index is -1.11. The normalized spacial score (nSPS) is 10.7. The molecule has 8 heteroatoms. The van der Waals surface area contributed by atoms with Gasteiger partial charge in [-0.3, -0.25) is 9.48 Å². The Kier molecular flexibility index (Phi) is 6.49. The smallest absolute Gasteiger partial charge is 0.337 e. The van der Waals surface area contributed by atoms with E-state index in [-0.39, 0.29) is 11.3 Å². The maximum absolute atomic E-state index is 12.2. The second kappa shape index (κ2) is 9.42. The summed E-state index contributed by atoms with van der Waals surface area (Å²) in [6.07, 6.45) is 6.52. The lowest BCUT2D eigenvalue weighted by molar-refractivity contribution is -0.111. The van der Waals surface area contributed by atoms with Crippen molar-refractivity contribution in [2.24, 2.45) is 7.05 Å². The maximum Gasteiger partial charge on any atom is 0.337 e. The van der Waals surface area contributed by atoms with Crippen molar-refractivity contribution in [3.8, 4) is 11.5 Å². The van der Waals surface area contributed by atoms with Crippen molar-refractivity contribution in [1.29, 1.82) is 0 Å². The summed E-state index contributed by atoms with van der Waals surface area (Å²) in [5.41, 5.74) is 1.91. The number of aryl methyl sites for hydroxylation is 1. The van der Waals surface area contributed by atoms with Crippen molar-refractivity contribution in [2.75, 3.05) is 12.4 Å². The van der Waals surface area contributed by atoms with E-state index in [9.17, 15) is 14.7 Å². The number of hydrogen-bond donors (Lipinski definition) is 2. The minimum Gasteiger partial charge on any atom is -0.493 e. The number of carbonyl (C=O) groups excluding carboxylic acids is 1. The van der Waals surface area contributed by atoms with E-state index in [2.05, 4.69) is 10.4 Å². The first-order valence-corrected chi connectivity index (χ1v) is 9.06. The van der Waals surface area contributed by atoms with Gasteiger partial charge in [0.1, 0.15) is 6.61 Å². The van der Waals surface area contributed by atoms with E-state index >= 15 is 0 Å². The number of para-hydroxylation sites is 1. The van der Waals surface area contributed by atoms with E-state index < -0.39 is 11.9 Å². The van der Waals surface area contributed by atoms with E-state index in [1.807, 2.05) is 13.2 Å². The molecule has 30 heavy (non-hydrogen) atoms. The third-order valence-corrected chi connectivity index (χ3v) is 4.18. The number of carboxylic acid groups (broad SMARTS) is 1. The lowest BCUT2D eigenvalue weighted by atomic mass is 10.1. The average Bonchev–Trinajstić information content (AvgIpc) is 3.16. The predicted octanol–water partition coefficient (Wildman–Crippen LogP) is 3.36. The molecule has 3 aromatic rings. The van der Waals surface area contributed by atoms with Gasteiger partial charge in [-0.1, -0.05) is 18.2 Å². The highest BCUT2D eigenvalue weighted by Crippen LogP contribution is 2.29. The van der Waals surface area contributed by atoms with Crippen molar-refractivity contribution in [1.82, 2.24) is 9.78 Å². The van der Waals surface area contributed by atoms with Crippen LogP contribution in [0.25, 0.3) is 6.08 Å². The molecule has 0 radical (unpaired) electrons. The van der Waals surface area contributed by atoms with Crippen molar-refractivity contribution in [2.45, 2.75) is 6.61 Å². The van der Waals surface area contributed by atoms with Crippen LogP contribution < -0.4 is 14.8 Å². The standard InChI is InChI=1S/C22H21N3O5/c1-25-13-16(12-23-25)14-30-19-9-7-15(11-20(19)29-2)8-10-21(26)24-18-6-4-3-5-17(18)22(27)28/h3-13H,14H2,1-2H3,(H,24,26)(H,27,28)/b10-8+. The van der Waals surface area contributed by atoms with Crippen molar-refractivity contribution in [3.63, 3.8) is 0 Å². The van der Waals surface area contributed by atoms with Gasteiger partial charge in [0.05, 0.1) is 24.6 Å². The summed E-state index contributed by atoms with van der Waals surface area (Å²) in [6, 6.07) is 11.5. The van der Waals surface area contributed by atoms with Gasteiger partial charge in [0.2, 0.25) is 5.91 Å². The molecule has 0 saturated carbocycles. The van der Waals surface area contributed by atoms with Crippen molar-refractivity contribution >= 4 is 23.6 Å². The molecule has 1 heterocycles. The van der Waals surface area contributed by atoms with Gasteiger partial charge < -0.3 is 19.9 Å². The molecule has 0 bridgehead atoms. The third kappa shape index (κ3) is 5.26. The summed E-state index contributed by atoms with van der Waals surface area (Å²) in [4.78, 5) is 23.4. The van der Waals surface area contributed by atoms with Crippen molar-refractivity contribution < 1.29 is 24.2 Å². The number of aromatic carboxylic acids is 1. The van der Waals surface area contributed by atoms with Crippen LogP contribution in [0.1, 0.15) is 21.5 Å². The molecule has 3 rings (SSSR count). The molecular formula is C22H21N3O5. The zero-order chi connectivity index (χ0) is 21.5. The summed E-state index contributed by atoms with van der Waals surface area (Å²) in [5.74, 6) is -0.461. The molecule has 0 aliphatic rings. The molecule has 1 aromatic heterocycles. The highest BCUT2D eigenvalue weighted by molar-refractivity contribution is 6.06. The Bertz CT molecular complexity index is 1090. The van der Waals surface area contributed by atoms with Gasteiger partial charge in [0.15, 0.2) is 11.5 Å². The fourth-order valence-corrected chi connectivity index (χ4v) is 2.74. The van der Waals surface area contributed by atoms with Crippen LogP contribution in [0.3, 0.4) is 0 Å². The number of rotatable bonds is 8. The molecule has 1 amide bonds. The fourth-order valence-electron chi connectivity index (χ4n) is 2.74. The number of hydrogen-bond acceptors (Lipinski definition) is 5. The van der Waals surface area contributed by atoms with Crippen LogP contribution in [0, 0.1) is 0 Å². The molecule has 0 spiro atoms. The van der Waals surface area contributed by atoms with Gasteiger partial charge in [-0.2, -0.15) is 5.10 Å². The summed E-state index contributed by atoms with van der Waals surface area (Å²) in [7, 11) is 3.37. The van der Waals surface area contributed by atoms with Gasteiger partial charge in [-0.25, -0.2) is 4.79 Å². The Labute approximate surface area is 173 Å². The van der Waals surface area contributed by atoms with E-state index in [0.717, 1.165) is 11.1 Å². The van der Waals surface area contributed by atoms with Crippen LogP contribution in [0.4, 0.5) is 5.69 Å². The first kappa shape index (κ1) is 20.7. The molecule has 0 saturated heterocycles. The van der Waals surface area contributed by atoms with Gasteiger partial charge in [0, 0.05) is 24.9 Å². The lowest BCUT2D eigenvalue weighted by Gasteiger charge is -2.10. The van der Waals surface area contributed by atoms with Gasteiger partial charge in [-0.15, -0.1) is 0 Å². The van der Waals surface area contributed by atoms with Crippen LogP contribution in [-0.2, 0) is 18.4 Å². The molecule has 8 nitrogen and oxygen atoms in total. The number of amides is 1. The minimum absolute atomic E-state index is 0.0241.